The zero-order chi connectivity index (χ0) is 17.4. The van der Waals surface area contributed by atoms with Gasteiger partial charge >= 0.3 is 0 Å². The van der Waals surface area contributed by atoms with Gasteiger partial charge in [-0.1, -0.05) is 12.1 Å². The number of aliphatic imine (C=N–C) groups is 1. The number of hydrogen-bond donors (Lipinski definition) is 3. The lowest BCUT2D eigenvalue weighted by Crippen LogP contribution is -2.40. The smallest absolute Gasteiger partial charge is 0.246 e. The lowest BCUT2D eigenvalue weighted by molar-refractivity contribution is -0.116. The number of benzene rings is 1. The van der Waals surface area contributed by atoms with Crippen LogP contribution in [0.25, 0.3) is 0 Å². The molecule has 2 aromatic rings. The zero-order valence-electron chi connectivity index (χ0n) is 14.3. The van der Waals surface area contributed by atoms with Crippen LogP contribution < -0.4 is 16.0 Å². The molecule has 7 nitrogen and oxygen atoms in total. The summed E-state index contributed by atoms with van der Waals surface area (Å²) in [6.07, 6.45) is 3.41. The predicted molar refractivity (Wildman–Crippen MR) is 95.8 cm³/mol. The van der Waals surface area contributed by atoms with E-state index in [-0.39, 0.29) is 12.5 Å². The van der Waals surface area contributed by atoms with Gasteiger partial charge in [0, 0.05) is 37.7 Å². The standard InChI is InChI=1S/C17H24N6O/c1-13(2)21-17(18-3)19-11-14-6-4-7-15(10-14)22-16(24)12-23-9-5-8-20-23/h4-10,13H,11-12H2,1-3H3,(H,22,24)(H2,18,19,21). The average molecular weight is 328 g/mol. The number of carbonyl (C=O) groups is 1. The Morgan fingerprint density at radius 2 is 2.17 bits per heavy atom. The molecule has 0 atom stereocenters. The third kappa shape index (κ3) is 5.75. The number of hydrogen-bond acceptors (Lipinski definition) is 3. The third-order valence-electron chi connectivity index (χ3n) is 3.18. The molecule has 0 aliphatic rings. The molecule has 3 N–H and O–H groups in total. The molecule has 0 bridgehead atoms. The van der Waals surface area contributed by atoms with E-state index in [1.807, 2.05) is 24.3 Å². The van der Waals surface area contributed by atoms with Crippen LogP contribution in [-0.4, -0.2) is 34.7 Å². The maximum Gasteiger partial charge on any atom is 0.246 e. The van der Waals surface area contributed by atoms with E-state index in [4.69, 9.17) is 0 Å². The van der Waals surface area contributed by atoms with Crippen LogP contribution in [0.5, 0.6) is 0 Å². The van der Waals surface area contributed by atoms with E-state index < -0.39 is 0 Å². The van der Waals surface area contributed by atoms with E-state index in [0.29, 0.717) is 12.6 Å². The van der Waals surface area contributed by atoms with Gasteiger partial charge in [0.15, 0.2) is 5.96 Å². The molecule has 24 heavy (non-hydrogen) atoms. The summed E-state index contributed by atoms with van der Waals surface area (Å²) < 4.78 is 1.59. The summed E-state index contributed by atoms with van der Waals surface area (Å²) in [5.41, 5.74) is 1.82. The van der Waals surface area contributed by atoms with Crippen molar-refractivity contribution in [2.24, 2.45) is 4.99 Å². The lowest BCUT2D eigenvalue weighted by Gasteiger charge is -2.15. The summed E-state index contributed by atoms with van der Waals surface area (Å²) in [6, 6.07) is 9.82. The number of anilines is 1. The molecule has 0 unspecified atom stereocenters. The van der Waals surface area contributed by atoms with Gasteiger partial charge in [0.05, 0.1) is 0 Å². The Morgan fingerprint density at radius 3 is 2.83 bits per heavy atom. The number of carbonyl (C=O) groups excluding carboxylic acids is 1. The van der Waals surface area contributed by atoms with Crippen molar-refractivity contribution in [1.29, 1.82) is 0 Å². The molecular formula is C17H24N6O. The highest BCUT2D eigenvalue weighted by Crippen LogP contribution is 2.10. The second-order valence-corrected chi connectivity index (χ2v) is 5.68. The number of aromatic nitrogens is 2. The van der Waals surface area contributed by atoms with Gasteiger partial charge in [-0.05, 0) is 37.6 Å². The molecule has 2 rings (SSSR count). The minimum atomic E-state index is -0.110. The van der Waals surface area contributed by atoms with E-state index in [0.717, 1.165) is 17.2 Å². The Kier molecular flexibility index (Phi) is 6.36. The molecule has 1 aromatic heterocycles. The Labute approximate surface area is 142 Å². The van der Waals surface area contributed by atoms with Crippen LogP contribution in [0.3, 0.4) is 0 Å². The third-order valence-corrected chi connectivity index (χ3v) is 3.18. The van der Waals surface area contributed by atoms with Crippen molar-refractivity contribution in [3.05, 3.63) is 48.3 Å². The molecule has 0 saturated heterocycles. The van der Waals surface area contributed by atoms with Crippen LogP contribution in [0.15, 0.2) is 47.7 Å². The van der Waals surface area contributed by atoms with Crippen molar-refractivity contribution in [1.82, 2.24) is 20.4 Å². The summed E-state index contributed by atoms with van der Waals surface area (Å²) in [7, 11) is 1.74. The quantitative estimate of drug-likeness (QED) is 0.555. The van der Waals surface area contributed by atoms with Gasteiger partial charge in [-0.15, -0.1) is 0 Å². The maximum atomic E-state index is 12.0. The number of rotatable bonds is 6. The number of guanidine groups is 1. The van der Waals surface area contributed by atoms with Gasteiger partial charge in [-0.3, -0.25) is 14.5 Å². The van der Waals surface area contributed by atoms with Crippen molar-refractivity contribution < 1.29 is 4.79 Å². The van der Waals surface area contributed by atoms with Crippen molar-refractivity contribution in [2.75, 3.05) is 12.4 Å². The lowest BCUT2D eigenvalue weighted by atomic mass is 10.2. The molecule has 1 aromatic carbocycles. The minimum Gasteiger partial charge on any atom is -0.354 e. The van der Waals surface area contributed by atoms with E-state index >= 15 is 0 Å². The molecule has 128 valence electrons. The first-order chi connectivity index (χ1) is 11.6. The second kappa shape index (κ2) is 8.71. The fourth-order valence-electron chi connectivity index (χ4n) is 2.15. The van der Waals surface area contributed by atoms with Crippen LogP contribution in [0.2, 0.25) is 0 Å². The van der Waals surface area contributed by atoms with Crippen LogP contribution >= 0.6 is 0 Å². The van der Waals surface area contributed by atoms with Gasteiger partial charge in [0.1, 0.15) is 6.54 Å². The summed E-state index contributed by atoms with van der Waals surface area (Å²) in [5.74, 6) is 0.638. The normalized spacial score (nSPS) is 11.4. The first-order valence-electron chi connectivity index (χ1n) is 7.90. The second-order valence-electron chi connectivity index (χ2n) is 5.68. The molecule has 0 aliphatic heterocycles. The van der Waals surface area contributed by atoms with Crippen LogP contribution in [0.4, 0.5) is 5.69 Å². The molecule has 0 saturated carbocycles. The fourth-order valence-corrected chi connectivity index (χ4v) is 2.15. The highest BCUT2D eigenvalue weighted by Gasteiger charge is 2.05. The van der Waals surface area contributed by atoms with Crippen molar-refractivity contribution in [3.8, 4) is 0 Å². The average Bonchev–Trinajstić information content (AvgIpc) is 3.04. The minimum absolute atomic E-state index is 0.110. The van der Waals surface area contributed by atoms with Crippen LogP contribution in [-0.2, 0) is 17.9 Å². The molecule has 0 radical (unpaired) electrons. The van der Waals surface area contributed by atoms with Crippen molar-refractivity contribution in [3.63, 3.8) is 0 Å². The Morgan fingerprint density at radius 1 is 1.33 bits per heavy atom. The molecule has 7 heteroatoms. The molecule has 0 fully saturated rings. The zero-order valence-corrected chi connectivity index (χ0v) is 14.3. The fraction of sp³-hybridized carbons (Fsp3) is 0.353. The molecular weight excluding hydrogens is 304 g/mol. The van der Waals surface area contributed by atoms with Crippen molar-refractivity contribution in [2.45, 2.75) is 33.0 Å². The number of nitrogens with zero attached hydrogens (tertiary/aromatic N) is 3. The van der Waals surface area contributed by atoms with E-state index in [1.165, 1.54) is 0 Å². The van der Waals surface area contributed by atoms with Crippen LogP contribution in [0, 0.1) is 0 Å². The predicted octanol–water partition coefficient (Wildman–Crippen LogP) is 1.60. The Bertz CT molecular complexity index is 678. The molecule has 0 aliphatic carbocycles. The monoisotopic (exact) mass is 328 g/mol. The Hall–Kier alpha value is -2.83. The van der Waals surface area contributed by atoms with Crippen molar-refractivity contribution >= 4 is 17.6 Å². The van der Waals surface area contributed by atoms with E-state index in [9.17, 15) is 4.79 Å². The van der Waals surface area contributed by atoms with Crippen LogP contribution in [0.1, 0.15) is 19.4 Å². The highest BCUT2D eigenvalue weighted by atomic mass is 16.2. The summed E-state index contributed by atoms with van der Waals surface area (Å²) in [6.45, 7) is 4.93. The summed E-state index contributed by atoms with van der Waals surface area (Å²) in [4.78, 5) is 16.2. The molecule has 1 heterocycles. The van der Waals surface area contributed by atoms with Gasteiger partial charge in [-0.25, -0.2) is 0 Å². The van der Waals surface area contributed by atoms with Gasteiger partial charge in [-0.2, -0.15) is 5.10 Å². The van der Waals surface area contributed by atoms with Gasteiger partial charge in [0.25, 0.3) is 0 Å². The summed E-state index contributed by atoms with van der Waals surface area (Å²) >= 11 is 0. The first kappa shape index (κ1) is 17.5. The first-order valence-corrected chi connectivity index (χ1v) is 7.90. The SMILES string of the molecule is CN=C(NCc1cccc(NC(=O)Cn2cccn2)c1)NC(C)C. The number of nitrogens with one attached hydrogen (secondary N) is 3. The highest BCUT2D eigenvalue weighted by molar-refractivity contribution is 5.90. The largest absolute Gasteiger partial charge is 0.354 e. The van der Waals surface area contributed by atoms with E-state index in [2.05, 4.69) is 39.9 Å². The number of amides is 1. The maximum absolute atomic E-state index is 12.0. The summed E-state index contributed by atoms with van der Waals surface area (Å²) in [5, 5.41) is 13.4. The van der Waals surface area contributed by atoms with Gasteiger partial charge < -0.3 is 16.0 Å². The molecule has 0 spiro atoms. The topological polar surface area (TPSA) is 83.3 Å². The van der Waals surface area contributed by atoms with E-state index in [1.54, 1.807) is 30.2 Å². The molecule has 1 amide bonds. The Balaban J connectivity index is 1.90. The van der Waals surface area contributed by atoms with Gasteiger partial charge in [0.2, 0.25) is 5.91 Å².